The topological polar surface area (TPSA) is 74.2 Å². The molecule has 0 saturated carbocycles. The summed E-state index contributed by atoms with van der Waals surface area (Å²) >= 11 is 0. The average molecular weight is 239 g/mol. The first kappa shape index (κ1) is 13.1. The molecule has 0 fully saturated rings. The highest BCUT2D eigenvalue weighted by Gasteiger charge is 2.07. The van der Waals surface area contributed by atoms with Crippen LogP contribution in [0.2, 0.25) is 0 Å². The number of benzene rings is 1. The fourth-order valence-electron chi connectivity index (χ4n) is 0.981. The predicted octanol–water partition coefficient (Wildman–Crippen LogP) is 3.33. The van der Waals surface area contributed by atoms with Gasteiger partial charge in [-0.1, -0.05) is 13.3 Å². The number of nitroso groups, excluding NO2 is 1. The lowest BCUT2D eigenvalue weighted by molar-refractivity contribution is -0.249. The van der Waals surface area contributed by atoms with Gasteiger partial charge < -0.3 is 4.74 Å². The largest absolute Gasteiger partial charge is 0.546 e. The molecule has 17 heavy (non-hydrogen) atoms. The van der Waals surface area contributed by atoms with Crippen LogP contribution in [-0.2, 0) is 9.78 Å². The summed E-state index contributed by atoms with van der Waals surface area (Å²) in [4.78, 5) is 30.2. The number of unbranched alkanes of at least 4 members (excludes halogenated alkanes) is 1. The highest BCUT2D eigenvalue weighted by molar-refractivity contribution is 5.63. The Balaban J connectivity index is 2.32. The third kappa shape index (κ3) is 5.07. The zero-order chi connectivity index (χ0) is 12.5. The maximum absolute atomic E-state index is 11.1. The van der Waals surface area contributed by atoms with Crippen molar-refractivity contribution in [1.29, 1.82) is 0 Å². The molecule has 6 nitrogen and oxygen atoms in total. The third-order valence-electron chi connectivity index (χ3n) is 1.85. The molecule has 92 valence electrons. The predicted molar refractivity (Wildman–Crippen MR) is 59.9 cm³/mol. The molecule has 1 aromatic rings. The zero-order valence-electron chi connectivity index (χ0n) is 9.42. The highest BCUT2D eigenvalue weighted by Crippen LogP contribution is 2.17. The summed E-state index contributed by atoms with van der Waals surface area (Å²) in [6.07, 6.45) is 0.791. The molecule has 0 unspecified atom stereocenters. The van der Waals surface area contributed by atoms with E-state index in [4.69, 9.17) is 4.74 Å². The first-order valence-electron chi connectivity index (χ1n) is 5.21. The Kier molecular flexibility index (Phi) is 5.67. The van der Waals surface area contributed by atoms with Gasteiger partial charge in [-0.15, -0.1) is 4.91 Å². The molecule has 0 bridgehead atoms. The fraction of sp³-hybridized carbons (Fsp3) is 0.364. The van der Waals surface area contributed by atoms with Crippen LogP contribution in [0.4, 0.5) is 10.5 Å². The second kappa shape index (κ2) is 7.34. The van der Waals surface area contributed by atoms with Gasteiger partial charge >= 0.3 is 6.16 Å². The van der Waals surface area contributed by atoms with Gasteiger partial charge in [0.15, 0.2) is 0 Å². The molecule has 1 aromatic carbocycles. The van der Waals surface area contributed by atoms with E-state index < -0.39 is 6.16 Å². The van der Waals surface area contributed by atoms with Gasteiger partial charge in [-0.3, -0.25) is 4.89 Å². The van der Waals surface area contributed by atoms with E-state index in [9.17, 15) is 9.70 Å². The zero-order valence-corrected chi connectivity index (χ0v) is 9.42. The van der Waals surface area contributed by atoms with Gasteiger partial charge in [0.1, 0.15) is 11.4 Å². The minimum Gasteiger partial charge on any atom is -0.393 e. The number of hydrogen-bond donors (Lipinski definition) is 0. The molecule has 0 saturated heterocycles. The Hall–Kier alpha value is -1.95. The van der Waals surface area contributed by atoms with Crippen molar-refractivity contribution in [3.63, 3.8) is 0 Å². The molecule has 0 aliphatic rings. The summed E-state index contributed by atoms with van der Waals surface area (Å²) in [5.74, 6) is 0.251. The van der Waals surface area contributed by atoms with E-state index in [0.29, 0.717) is 6.61 Å². The molecule has 6 heteroatoms. The van der Waals surface area contributed by atoms with Crippen molar-refractivity contribution in [1.82, 2.24) is 0 Å². The third-order valence-corrected chi connectivity index (χ3v) is 1.85. The summed E-state index contributed by atoms with van der Waals surface area (Å²) in [7, 11) is 0. The van der Waals surface area contributed by atoms with Crippen molar-refractivity contribution < 1.29 is 19.3 Å². The Bertz CT molecular complexity index is 363. The van der Waals surface area contributed by atoms with Crippen molar-refractivity contribution in [2.75, 3.05) is 6.61 Å². The van der Waals surface area contributed by atoms with Crippen LogP contribution >= 0.6 is 0 Å². The normalized spacial score (nSPS) is 9.71. The van der Waals surface area contributed by atoms with Crippen LogP contribution in [-0.4, -0.2) is 12.8 Å². The van der Waals surface area contributed by atoms with Gasteiger partial charge in [0.25, 0.3) is 0 Å². The lowest BCUT2D eigenvalue weighted by Crippen LogP contribution is -2.11. The molecular weight excluding hydrogens is 226 g/mol. The number of hydrogen-bond acceptors (Lipinski definition) is 6. The maximum atomic E-state index is 11.1. The van der Waals surface area contributed by atoms with E-state index in [1.807, 2.05) is 6.92 Å². The van der Waals surface area contributed by atoms with E-state index >= 15 is 0 Å². The van der Waals surface area contributed by atoms with Crippen molar-refractivity contribution in [3.05, 3.63) is 29.2 Å². The average Bonchev–Trinajstić information content (AvgIpc) is 2.36. The van der Waals surface area contributed by atoms with Crippen LogP contribution < -0.4 is 4.74 Å². The minimum absolute atomic E-state index is 0.251. The molecule has 0 N–H and O–H groups in total. The summed E-state index contributed by atoms with van der Waals surface area (Å²) in [5, 5.41) is 2.71. The van der Waals surface area contributed by atoms with Gasteiger partial charge in [0.05, 0.1) is 6.61 Å². The summed E-state index contributed by atoms with van der Waals surface area (Å²) < 4.78 is 4.76. The molecule has 0 atom stereocenters. The van der Waals surface area contributed by atoms with Crippen molar-refractivity contribution in [2.45, 2.75) is 19.8 Å². The van der Waals surface area contributed by atoms with Gasteiger partial charge in [-0.25, -0.2) is 4.79 Å². The van der Waals surface area contributed by atoms with Crippen LogP contribution in [0.3, 0.4) is 0 Å². The van der Waals surface area contributed by atoms with Crippen LogP contribution in [0.15, 0.2) is 29.4 Å². The van der Waals surface area contributed by atoms with E-state index in [1.165, 1.54) is 24.3 Å². The first-order chi connectivity index (χ1) is 8.26. The van der Waals surface area contributed by atoms with Gasteiger partial charge in [0, 0.05) is 0 Å². The monoisotopic (exact) mass is 239 g/mol. The first-order valence-corrected chi connectivity index (χ1v) is 5.21. The Morgan fingerprint density at radius 2 is 2.00 bits per heavy atom. The number of ether oxygens (including phenoxy) is 1. The summed E-state index contributed by atoms with van der Waals surface area (Å²) in [5.41, 5.74) is 0.255. The lowest BCUT2D eigenvalue weighted by Gasteiger charge is -2.04. The van der Waals surface area contributed by atoms with Crippen LogP contribution in [0, 0.1) is 4.91 Å². The summed E-state index contributed by atoms with van der Waals surface area (Å²) in [6, 6.07) is 5.72. The smallest absolute Gasteiger partial charge is 0.393 e. The Morgan fingerprint density at radius 3 is 2.59 bits per heavy atom. The number of nitrogens with zero attached hydrogens (tertiary/aromatic N) is 1. The quantitative estimate of drug-likeness (QED) is 0.190. The summed E-state index contributed by atoms with van der Waals surface area (Å²) in [6.45, 7) is 2.32. The lowest BCUT2D eigenvalue weighted by atomic mass is 10.3. The second-order valence-electron chi connectivity index (χ2n) is 3.20. The van der Waals surface area contributed by atoms with E-state index in [1.54, 1.807) is 0 Å². The van der Waals surface area contributed by atoms with Gasteiger partial charge in [0.2, 0.25) is 0 Å². The van der Waals surface area contributed by atoms with E-state index in [0.717, 1.165) is 12.8 Å². The van der Waals surface area contributed by atoms with E-state index in [2.05, 4.69) is 15.0 Å². The molecular formula is C11H13NO5. The molecule has 0 aromatic heterocycles. The SMILES string of the molecule is CCCCOOC(=O)Oc1ccc(N=O)cc1. The maximum Gasteiger partial charge on any atom is 0.546 e. The highest BCUT2D eigenvalue weighted by atomic mass is 17.2. The molecule has 0 aliphatic carbocycles. The fourth-order valence-corrected chi connectivity index (χ4v) is 0.981. The number of carbonyl (C=O) groups is 1. The van der Waals surface area contributed by atoms with Crippen LogP contribution in [0.25, 0.3) is 0 Å². The number of rotatable bonds is 6. The number of carbonyl (C=O) groups excluding carboxylic acids is 1. The Morgan fingerprint density at radius 1 is 1.29 bits per heavy atom. The second-order valence-corrected chi connectivity index (χ2v) is 3.20. The van der Waals surface area contributed by atoms with E-state index in [-0.39, 0.29) is 11.4 Å². The molecule has 0 heterocycles. The molecule has 0 radical (unpaired) electrons. The Labute approximate surface area is 98.4 Å². The van der Waals surface area contributed by atoms with Gasteiger partial charge in [-0.2, -0.15) is 4.89 Å². The molecule has 0 amide bonds. The van der Waals surface area contributed by atoms with Crippen molar-refractivity contribution in [2.24, 2.45) is 5.18 Å². The molecule has 0 aliphatic heterocycles. The van der Waals surface area contributed by atoms with Crippen molar-refractivity contribution in [3.8, 4) is 5.75 Å². The molecule has 1 rings (SSSR count). The van der Waals surface area contributed by atoms with Gasteiger partial charge in [-0.05, 0) is 35.9 Å². The van der Waals surface area contributed by atoms with Crippen LogP contribution in [0.1, 0.15) is 19.8 Å². The minimum atomic E-state index is -0.951. The standard InChI is InChI=1S/C11H13NO5/c1-2-3-8-15-17-11(13)16-10-6-4-9(12-14)5-7-10/h4-7H,2-3,8H2,1H3. The van der Waals surface area contributed by atoms with Crippen LogP contribution in [0.5, 0.6) is 5.75 Å². The molecule has 0 spiro atoms. The van der Waals surface area contributed by atoms with Crippen molar-refractivity contribution >= 4 is 11.8 Å².